The first-order valence-electron chi connectivity index (χ1n) is 7.36. The van der Waals surface area contributed by atoms with E-state index >= 15 is 0 Å². The second-order valence-electron chi connectivity index (χ2n) is 5.95. The Morgan fingerprint density at radius 1 is 1.05 bits per heavy atom. The molecule has 1 nitrogen and oxygen atoms in total. The predicted octanol–water partition coefficient (Wildman–Crippen LogP) is 3.74. The summed E-state index contributed by atoms with van der Waals surface area (Å²) in [6.07, 6.45) is 3.65. The predicted molar refractivity (Wildman–Crippen MR) is 80.2 cm³/mol. The maximum atomic E-state index is 13.4. The molecule has 0 spiro atoms. The molecule has 21 heavy (non-hydrogen) atoms. The van der Waals surface area contributed by atoms with E-state index in [0.29, 0.717) is 18.5 Å². The summed E-state index contributed by atoms with van der Waals surface area (Å²) in [5.41, 5.74) is 9.10. The van der Waals surface area contributed by atoms with Gasteiger partial charge in [0.1, 0.15) is 11.6 Å². The van der Waals surface area contributed by atoms with Gasteiger partial charge in [0.2, 0.25) is 0 Å². The van der Waals surface area contributed by atoms with Crippen LogP contribution >= 0.6 is 0 Å². The lowest BCUT2D eigenvalue weighted by atomic mass is 9.67. The fraction of sp³-hybridized carbons (Fsp3) is 0.333. The van der Waals surface area contributed by atoms with Crippen molar-refractivity contribution < 1.29 is 8.78 Å². The number of benzene rings is 2. The largest absolute Gasteiger partial charge is 0.330 e. The van der Waals surface area contributed by atoms with E-state index in [1.54, 1.807) is 0 Å². The van der Waals surface area contributed by atoms with Gasteiger partial charge in [0.25, 0.3) is 0 Å². The second kappa shape index (κ2) is 5.57. The number of rotatable bonds is 3. The molecule has 0 saturated carbocycles. The number of hydrogen-bond donors (Lipinski definition) is 1. The molecule has 3 heteroatoms. The molecule has 2 aromatic carbocycles. The van der Waals surface area contributed by atoms with Crippen molar-refractivity contribution in [3.63, 3.8) is 0 Å². The van der Waals surface area contributed by atoms with E-state index in [4.69, 9.17) is 5.73 Å². The summed E-state index contributed by atoms with van der Waals surface area (Å²) >= 11 is 0. The molecular weight excluding hydrogens is 268 g/mol. The van der Waals surface area contributed by atoms with E-state index in [9.17, 15) is 8.78 Å². The Labute approximate surface area is 123 Å². The van der Waals surface area contributed by atoms with Crippen LogP contribution in [0.3, 0.4) is 0 Å². The summed E-state index contributed by atoms with van der Waals surface area (Å²) in [5, 5.41) is 0. The van der Waals surface area contributed by atoms with Crippen molar-refractivity contribution in [2.45, 2.75) is 31.1 Å². The molecule has 1 aliphatic rings. The van der Waals surface area contributed by atoms with Gasteiger partial charge in [-0.1, -0.05) is 24.3 Å². The van der Waals surface area contributed by atoms with Gasteiger partial charge in [-0.05, 0) is 54.5 Å². The summed E-state index contributed by atoms with van der Waals surface area (Å²) in [6, 6.07) is 12.0. The first-order chi connectivity index (χ1) is 10.1. The summed E-state index contributed by atoms with van der Waals surface area (Å²) < 4.78 is 26.9. The van der Waals surface area contributed by atoms with E-state index in [0.717, 1.165) is 25.3 Å². The van der Waals surface area contributed by atoms with Crippen LogP contribution in [0.2, 0.25) is 0 Å². The number of nitrogens with two attached hydrogens (primary N) is 1. The standard InChI is InChI=1S/C18H19F2N/c19-15-8-13(9-16(20)10-15)11-18(12-21)7-3-5-14-4-1-2-6-17(14)18/h1-2,4,6,8-10H,3,5,7,11-12,21H2. The Balaban J connectivity index is 2.02. The molecule has 0 aromatic heterocycles. The summed E-state index contributed by atoms with van der Waals surface area (Å²) in [4.78, 5) is 0. The molecule has 1 atom stereocenters. The van der Waals surface area contributed by atoms with Gasteiger partial charge in [0.05, 0.1) is 0 Å². The molecular formula is C18H19F2N. The smallest absolute Gasteiger partial charge is 0.126 e. The van der Waals surface area contributed by atoms with Crippen molar-refractivity contribution in [3.8, 4) is 0 Å². The molecule has 0 aliphatic heterocycles. The maximum absolute atomic E-state index is 13.4. The summed E-state index contributed by atoms with van der Waals surface area (Å²) in [6.45, 7) is 0.488. The van der Waals surface area contributed by atoms with E-state index < -0.39 is 11.6 Å². The molecule has 0 heterocycles. The number of halogens is 2. The van der Waals surface area contributed by atoms with Crippen molar-refractivity contribution in [2.75, 3.05) is 6.54 Å². The van der Waals surface area contributed by atoms with Gasteiger partial charge in [-0.15, -0.1) is 0 Å². The highest BCUT2D eigenvalue weighted by molar-refractivity contribution is 5.39. The quantitative estimate of drug-likeness (QED) is 0.914. The van der Waals surface area contributed by atoms with Crippen LogP contribution < -0.4 is 5.73 Å². The van der Waals surface area contributed by atoms with Gasteiger partial charge < -0.3 is 5.73 Å². The van der Waals surface area contributed by atoms with Crippen LogP contribution in [0, 0.1) is 11.6 Å². The second-order valence-corrected chi connectivity index (χ2v) is 5.95. The van der Waals surface area contributed by atoms with Crippen LogP contribution in [-0.4, -0.2) is 6.54 Å². The van der Waals surface area contributed by atoms with Crippen molar-refractivity contribution in [1.82, 2.24) is 0 Å². The van der Waals surface area contributed by atoms with E-state index in [-0.39, 0.29) is 5.41 Å². The normalized spacial score (nSPS) is 21.1. The molecule has 0 fully saturated rings. The Bertz CT molecular complexity index is 633. The Kier molecular flexibility index (Phi) is 3.77. The Morgan fingerprint density at radius 3 is 2.48 bits per heavy atom. The van der Waals surface area contributed by atoms with Crippen LogP contribution in [0.15, 0.2) is 42.5 Å². The lowest BCUT2D eigenvalue weighted by Crippen LogP contribution is -2.40. The summed E-state index contributed by atoms with van der Waals surface area (Å²) in [7, 11) is 0. The average Bonchev–Trinajstić information content (AvgIpc) is 2.46. The highest BCUT2D eigenvalue weighted by Gasteiger charge is 2.35. The van der Waals surface area contributed by atoms with E-state index in [1.165, 1.54) is 23.3 Å². The fourth-order valence-corrected chi connectivity index (χ4v) is 3.58. The highest BCUT2D eigenvalue weighted by Crippen LogP contribution is 2.39. The minimum absolute atomic E-state index is 0.213. The minimum Gasteiger partial charge on any atom is -0.330 e. The van der Waals surface area contributed by atoms with Crippen LogP contribution in [0.25, 0.3) is 0 Å². The monoisotopic (exact) mass is 287 g/mol. The first kappa shape index (κ1) is 14.2. The molecule has 2 aromatic rings. The molecule has 0 saturated heterocycles. The molecule has 0 radical (unpaired) electrons. The van der Waals surface area contributed by atoms with Crippen LogP contribution in [0.1, 0.15) is 29.5 Å². The third kappa shape index (κ3) is 2.70. The van der Waals surface area contributed by atoms with Gasteiger partial charge >= 0.3 is 0 Å². The van der Waals surface area contributed by atoms with Gasteiger partial charge in [0, 0.05) is 18.0 Å². The van der Waals surface area contributed by atoms with Gasteiger partial charge in [-0.25, -0.2) is 8.78 Å². The molecule has 110 valence electrons. The lowest BCUT2D eigenvalue weighted by Gasteiger charge is -2.38. The van der Waals surface area contributed by atoms with E-state index in [1.807, 2.05) is 12.1 Å². The zero-order valence-corrected chi connectivity index (χ0v) is 11.9. The van der Waals surface area contributed by atoms with Crippen molar-refractivity contribution in [2.24, 2.45) is 5.73 Å². The van der Waals surface area contributed by atoms with E-state index in [2.05, 4.69) is 12.1 Å². The first-order valence-corrected chi connectivity index (χ1v) is 7.36. The average molecular weight is 287 g/mol. The number of hydrogen-bond acceptors (Lipinski definition) is 1. The zero-order chi connectivity index (χ0) is 14.9. The van der Waals surface area contributed by atoms with Gasteiger partial charge in [0.15, 0.2) is 0 Å². The SMILES string of the molecule is NCC1(Cc2cc(F)cc(F)c2)CCCc2ccccc21. The molecule has 0 bridgehead atoms. The Morgan fingerprint density at radius 2 is 1.76 bits per heavy atom. The molecule has 1 unspecified atom stereocenters. The van der Waals surface area contributed by atoms with Crippen LogP contribution in [0.4, 0.5) is 8.78 Å². The Hall–Kier alpha value is -1.74. The van der Waals surface area contributed by atoms with Gasteiger partial charge in [-0.2, -0.15) is 0 Å². The van der Waals surface area contributed by atoms with Gasteiger partial charge in [-0.3, -0.25) is 0 Å². The fourth-order valence-electron chi connectivity index (χ4n) is 3.58. The third-order valence-corrected chi connectivity index (χ3v) is 4.55. The zero-order valence-electron chi connectivity index (χ0n) is 11.9. The van der Waals surface area contributed by atoms with Crippen molar-refractivity contribution in [3.05, 3.63) is 70.8 Å². The maximum Gasteiger partial charge on any atom is 0.126 e. The molecule has 2 N–H and O–H groups in total. The topological polar surface area (TPSA) is 26.0 Å². The highest BCUT2D eigenvalue weighted by atomic mass is 19.1. The molecule has 1 aliphatic carbocycles. The molecule has 0 amide bonds. The number of aryl methyl sites for hydroxylation is 1. The van der Waals surface area contributed by atoms with Crippen molar-refractivity contribution >= 4 is 0 Å². The van der Waals surface area contributed by atoms with Crippen molar-refractivity contribution in [1.29, 1.82) is 0 Å². The minimum atomic E-state index is -0.527. The molecule has 3 rings (SSSR count). The lowest BCUT2D eigenvalue weighted by molar-refractivity contribution is 0.364. The summed E-state index contributed by atoms with van der Waals surface area (Å²) in [5.74, 6) is -1.05. The van der Waals surface area contributed by atoms with Crippen LogP contribution in [0.5, 0.6) is 0 Å². The third-order valence-electron chi connectivity index (χ3n) is 4.55. The number of fused-ring (bicyclic) bond motifs is 1. The van der Waals surface area contributed by atoms with Crippen LogP contribution in [-0.2, 0) is 18.3 Å².